The average molecular weight is 316 g/mol. The molecule has 0 radical (unpaired) electrons. The predicted molar refractivity (Wildman–Crippen MR) is 86.5 cm³/mol. The number of Topliss-reactive ketones (excluding diaryl/α,β-unsaturated/α-hetero) is 1. The third kappa shape index (κ3) is 3.06. The molecule has 2 aromatic heterocycles. The van der Waals surface area contributed by atoms with Gasteiger partial charge < -0.3 is 4.98 Å². The number of aromatic nitrogens is 2. The molecule has 0 atom stereocenters. The van der Waals surface area contributed by atoms with Crippen LogP contribution in [0.2, 0.25) is 0 Å². The monoisotopic (exact) mass is 316 g/mol. The van der Waals surface area contributed by atoms with Crippen LogP contribution in [-0.2, 0) is 0 Å². The maximum atomic E-state index is 12.0. The molecular weight excluding hydrogens is 304 g/mol. The largest absolute Gasteiger partial charge is 0.301 e. The van der Waals surface area contributed by atoms with E-state index in [1.54, 1.807) is 12.1 Å². The first-order valence-electron chi connectivity index (χ1n) is 6.35. The highest BCUT2D eigenvalue weighted by Gasteiger charge is 2.10. The Hall–Kier alpha value is -1.92. The van der Waals surface area contributed by atoms with Crippen molar-refractivity contribution in [2.75, 3.05) is 5.75 Å². The van der Waals surface area contributed by atoms with Gasteiger partial charge in [-0.1, -0.05) is 42.1 Å². The van der Waals surface area contributed by atoms with Crippen molar-refractivity contribution in [2.45, 2.75) is 12.1 Å². The predicted octanol–water partition coefficient (Wildman–Crippen LogP) is 3.27. The van der Waals surface area contributed by atoms with Gasteiger partial charge in [-0.15, -0.1) is 11.3 Å². The summed E-state index contributed by atoms with van der Waals surface area (Å²) in [6, 6.07) is 10.9. The van der Waals surface area contributed by atoms with Gasteiger partial charge in [0.05, 0.1) is 11.1 Å². The zero-order chi connectivity index (χ0) is 14.8. The molecule has 0 bridgehead atoms. The fraction of sp³-hybridized carbons (Fsp3) is 0.133. The molecule has 106 valence electrons. The zero-order valence-corrected chi connectivity index (χ0v) is 12.9. The molecule has 3 rings (SSSR count). The Balaban J connectivity index is 1.79. The molecule has 0 spiro atoms. The van der Waals surface area contributed by atoms with Gasteiger partial charge in [-0.05, 0) is 13.0 Å². The van der Waals surface area contributed by atoms with E-state index in [2.05, 4.69) is 9.97 Å². The Kier molecular flexibility index (Phi) is 3.90. The maximum absolute atomic E-state index is 12.0. The summed E-state index contributed by atoms with van der Waals surface area (Å²) in [5.41, 5.74) is 0.513. The van der Waals surface area contributed by atoms with E-state index in [9.17, 15) is 9.59 Å². The van der Waals surface area contributed by atoms with E-state index in [0.29, 0.717) is 20.9 Å². The number of carbonyl (C=O) groups is 1. The molecule has 6 heteroatoms. The lowest BCUT2D eigenvalue weighted by atomic mass is 10.2. The maximum Gasteiger partial charge on any atom is 0.260 e. The lowest BCUT2D eigenvalue weighted by Crippen LogP contribution is -2.09. The van der Waals surface area contributed by atoms with Gasteiger partial charge in [0.25, 0.3) is 5.56 Å². The quantitative estimate of drug-likeness (QED) is 0.456. The number of hydrogen-bond acceptors (Lipinski definition) is 5. The smallest absolute Gasteiger partial charge is 0.260 e. The van der Waals surface area contributed by atoms with Crippen LogP contribution in [0.5, 0.6) is 0 Å². The third-order valence-electron chi connectivity index (χ3n) is 2.94. The van der Waals surface area contributed by atoms with Crippen LogP contribution >= 0.6 is 23.1 Å². The van der Waals surface area contributed by atoms with E-state index >= 15 is 0 Å². The number of rotatable bonds is 4. The number of fused-ring (bicyclic) bond motifs is 1. The fourth-order valence-electron chi connectivity index (χ4n) is 1.94. The van der Waals surface area contributed by atoms with Gasteiger partial charge in [-0.3, -0.25) is 9.59 Å². The summed E-state index contributed by atoms with van der Waals surface area (Å²) in [7, 11) is 0. The third-order valence-corrected chi connectivity index (χ3v) is 4.76. The number of aryl methyl sites for hydroxylation is 1. The molecule has 0 aliphatic heterocycles. The number of nitrogens with one attached hydrogen (secondary N) is 1. The van der Waals surface area contributed by atoms with Gasteiger partial charge in [0.15, 0.2) is 10.9 Å². The second kappa shape index (κ2) is 5.83. The van der Waals surface area contributed by atoms with E-state index in [4.69, 9.17) is 0 Å². The highest BCUT2D eigenvalue weighted by atomic mass is 32.2. The Labute approximate surface area is 129 Å². The highest BCUT2D eigenvalue weighted by Crippen LogP contribution is 2.22. The molecule has 0 amide bonds. The summed E-state index contributed by atoms with van der Waals surface area (Å²) in [5, 5.41) is 1.09. The molecule has 1 N–H and O–H groups in total. The molecule has 0 aliphatic rings. The SMILES string of the molecule is Cc1cc2c(=O)[nH]c(SCC(=O)c3ccccc3)nc2s1. The van der Waals surface area contributed by atoms with E-state index in [1.807, 2.05) is 31.2 Å². The van der Waals surface area contributed by atoms with Crippen molar-refractivity contribution in [1.29, 1.82) is 0 Å². The van der Waals surface area contributed by atoms with E-state index < -0.39 is 0 Å². The van der Waals surface area contributed by atoms with Gasteiger partial charge in [-0.2, -0.15) is 0 Å². The minimum atomic E-state index is -0.154. The lowest BCUT2D eigenvalue weighted by Gasteiger charge is -2.01. The number of benzene rings is 1. The summed E-state index contributed by atoms with van der Waals surface area (Å²) in [6.07, 6.45) is 0. The van der Waals surface area contributed by atoms with Gasteiger partial charge in [0.1, 0.15) is 4.83 Å². The van der Waals surface area contributed by atoms with Crippen LogP contribution in [0, 0.1) is 6.92 Å². The first-order valence-corrected chi connectivity index (χ1v) is 8.15. The summed E-state index contributed by atoms with van der Waals surface area (Å²) in [5.74, 6) is 0.272. The molecule has 0 saturated heterocycles. The minimum Gasteiger partial charge on any atom is -0.301 e. The number of hydrogen-bond donors (Lipinski definition) is 1. The van der Waals surface area contributed by atoms with Crippen LogP contribution in [0.4, 0.5) is 0 Å². The standard InChI is InChI=1S/C15H12N2O2S2/c1-9-7-11-13(19)16-15(17-14(11)21-9)20-8-12(18)10-5-3-2-4-6-10/h2-7H,8H2,1H3,(H,16,17,19). The number of aromatic amines is 1. The lowest BCUT2D eigenvalue weighted by molar-refractivity contribution is 0.102. The fourth-order valence-corrected chi connectivity index (χ4v) is 3.64. The topological polar surface area (TPSA) is 62.8 Å². The van der Waals surface area contributed by atoms with Gasteiger partial charge in [0.2, 0.25) is 0 Å². The molecule has 0 unspecified atom stereocenters. The molecule has 1 aromatic carbocycles. The summed E-state index contributed by atoms with van der Waals surface area (Å²) in [6.45, 7) is 1.94. The number of thiophene rings is 1. The van der Waals surface area contributed by atoms with Crippen molar-refractivity contribution < 1.29 is 4.79 Å². The molecule has 0 fully saturated rings. The minimum absolute atomic E-state index is 0.0192. The second-order valence-electron chi connectivity index (χ2n) is 4.52. The van der Waals surface area contributed by atoms with Gasteiger partial charge in [-0.25, -0.2) is 4.98 Å². The van der Waals surface area contributed by atoms with Crippen molar-refractivity contribution in [3.05, 3.63) is 57.2 Å². The molecular formula is C15H12N2O2S2. The van der Waals surface area contributed by atoms with Crippen molar-refractivity contribution in [2.24, 2.45) is 0 Å². The normalized spacial score (nSPS) is 10.9. The molecule has 3 aromatic rings. The van der Waals surface area contributed by atoms with Crippen LogP contribution in [0.15, 0.2) is 46.3 Å². The van der Waals surface area contributed by atoms with Gasteiger partial charge >= 0.3 is 0 Å². The Morgan fingerprint density at radius 3 is 2.86 bits per heavy atom. The Bertz CT molecular complexity index is 853. The average Bonchev–Trinajstić information content (AvgIpc) is 2.87. The number of thioether (sulfide) groups is 1. The first kappa shape index (κ1) is 14.0. The molecule has 0 saturated carbocycles. The number of H-pyrrole nitrogens is 1. The molecule has 21 heavy (non-hydrogen) atoms. The van der Waals surface area contributed by atoms with Crippen molar-refractivity contribution in [1.82, 2.24) is 9.97 Å². The van der Waals surface area contributed by atoms with E-state index in [-0.39, 0.29) is 17.1 Å². The molecule has 2 heterocycles. The van der Waals surface area contributed by atoms with Crippen LogP contribution < -0.4 is 5.56 Å². The number of nitrogens with zero attached hydrogens (tertiary/aromatic N) is 1. The van der Waals surface area contributed by atoms with E-state index in [0.717, 1.165) is 4.88 Å². The Morgan fingerprint density at radius 1 is 1.33 bits per heavy atom. The molecule has 0 aliphatic carbocycles. The van der Waals surface area contributed by atoms with Crippen molar-refractivity contribution >= 4 is 39.1 Å². The van der Waals surface area contributed by atoms with Crippen LogP contribution in [0.3, 0.4) is 0 Å². The van der Waals surface area contributed by atoms with Crippen molar-refractivity contribution in [3.8, 4) is 0 Å². The van der Waals surface area contributed by atoms with Crippen LogP contribution in [0.25, 0.3) is 10.2 Å². The van der Waals surface area contributed by atoms with Crippen LogP contribution in [-0.4, -0.2) is 21.5 Å². The second-order valence-corrected chi connectivity index (χ2v) is 6.72. The van der Waals surface area contributed by atoms with Crippen LogP contribution in [0.1, 0.15) is 15.2 Å². The van der Waals surface area contributed by atoms with Gasteiger partial charge in [0, 0.05) is 10.4 Å². The van der Waals surface area contributed by atoms with E-state index in [1.165, 1.54) is 23.1 Å². The highest BCUT2D eigenvalue weighted by molar-refractivity contribution is 7.99. The number of ketones is 1. The Morgan fingerprint density at radius 2 is 2.10 bits per heavy atom. The first-order chi connectivity index (χ1) is 10.1. The summed E-state index contributed by atoms with van der Waals surface area (Å²) >= 11 is 2.73. The zero-order valence-electron chi connectivity index (χ0n) is 11.3. The number of carbonyl (C=O) groups excluding carboxylic acids is 1. The summed E-state index contributed by atoms with van der Waals surface area (Å²) in [4.78, 5) is 32.9. The molecule has 4 nitrogen and oxygen atoms in total. The van der Waals surface area contributed by atoms with Crippen molar-refractivity contribution in [3.63, 3.8) is 0 Å². The summed E-state index contributed by atoms with van der Waals surface area (Å²) < 4.78 is 0.